The molecule has 88 valence electrons. The Kier molecular flexibility index (Phi) is 2.91. The van der Waals surface area contributed by atoms with E-state index < -0.39 is 0 Å². The molecule has 0 radical (unpaired) electrons. The zero-order valence-corrected chi connectivity index (χ0v) is 10.1. The van der Waals surface area contributed by atoms with Gasteiger partial charge in [0.1, 0.15) is 0 Å². The van der Waals surface area contributed by atoms with Gasteiger partial charge < -0.3 is 5.32 Å². The van der Waals surface area contributed by atoms with Gasteiger partial charge in [-0.2, -0.15) is 5.10 Å². The van der Waals surface area contributed by atoms with Crippen molar-refractivity contribution in [3.05, 3.63) is 41.3 Å². The van der Waals surface area contributed by atoms with E-state index in [0.717, 1.165) is 11.4 Å². The maximum absolute atomic E-state index is 11.4. The number of aromatic nitrogens is 3. The zero-order chi connectivity index (χ0) is 12.4. The molecule has 2 heterocycles. The molecule has 0 fully saturated rings. The third-order valence-corrected chi connectivity index (χ3v) is 2.46. The Morgan fingerprint density at radius 2 is 2.12 bits per heavy atom. The molecule has 0 saturated heterocycles. The molecule has 1 N–H and O–H groups in total. The number of carbonyl (C=O) groups excluding carboxylic acids is 1. The van der Waals surface area contributed by atoms with Crippen molar-refractivity contribution in [3.8, 4) is 5.82 Å². The summed E-state index contributed by atoms with van der Waals surface area (Å²) in [6.45, 7) is 3.90. The van der Waals surface area contributed by atoms with Crippen LogP contribution >= 0.6 is 0 Å². The summed E-state index contributed by atoms with van der Waals surface area (Å²) in [6, 6.07) is 5.50. The van der Waals surface area contributed by atoms with Crippen LogP contribution in [-0.2, 0) is 0 Å². The van der Waals surface area contributed by atoms with Crippen molar-refractivity contribution in [2.75, 3.05) is 7.05 Å². The average molecular weight is 230 g/mol. The van der Waals surface area contributed by atoms with Gasteiger partial charge in [-0.3, -0.25) is 4.79 Å². The summed E-state index contributed by atoms with van der Waals surface area (Å²) in [5.41, 5.74) is 2.50. The quantitative estimate of drug-likeness (QED) is 0.844. The highest BCUT2D eigenvalue weighted by Crippen LogP contribution is 2.10. The van der Waals surface area contributed by atoms with Crippen LogP contribution in [0.25, 0.3) is 5.82 Å². The minimum Gasteiger partial charge on any atom is -0.355 e. The van der Waals surface area contributed by atoms with Gasteiger partial charge in [-0.25, -0.2) is 9.67 Å². The molecule has 0 saturated carbocycles. The molecule has 0 aromatic carbocycles. The second-order valence-electron chi connectivity index (χ2n) is 3.82. The number of amides is 1. The molecule has 2 aromatic rings. The Balaban J connectivity index is 2.35. The van der Waals surface area contributed by atoms with Crippen LogP contribution in [0.5, 0.6) is 0 Å². The number of hydrogen-bond acceptors (Lipinski definition) is 3. The lowest BCUT2D eigenvalue weighted by Crippen LogP contribution is -2.18. The molecule has 0 bridgehead atoms. The largest absolute Gasteiger partial charge is 0.355 e. The number of hydrogen-bond donors (Lipinski definition) is 1. The molecule has 1 amide bonds. The van der Waals surface area contributed by atoms with Crippen LogP contribution in [0.3, 0.4) is 0 Å². The van der Waals surface area contributed by atoms with Crippen molar-refractivity contribution in [2.24, 2.45) is 0 Å². The molecule has 5 heteroatoms. The summed E-state index contributed by atoms with van der Waals surface area (Å²) >= 11 is 0. The molecule has 0 aliphatic carbocycles. The first-order chi connectivity index (χ1) is 8.11. The summed E-state index contributed by atoms with van der Waals surface area (Å²) in [5.74, 6) is 0.570. The number of nitrogens with zero attached hydrogens (tertiary/aromatic N) is 3. The SMILES string of the molecule is CNC(=O)c1ccc(-n2nc(C)cc2C)nc1. The van der Waals surface area contributed by atoms with Crippen LogP contribution in [0, 0.1) is 13.8 Å². The average Bonchev–Trinajstić information content (AvgIpc) is 2.68. The zero-order valence-electron chi connectivity index (χ0n) is 10.1. The highest BCUT2D eigenvalue weighted by molar-refractivity contribution is 5.93. The van der Waals surface area contributed by atoms with Crippen molar-refractivity contribution < 1.29 is 4.79 Å². The van der Waals surface area contributed by atoms with Crippen LogP contribution in [0.15, 0.2) is 24.4 Å². The van der Waals surface area contributed by atoms with Gasteiger partial charge in [0.25, 0.3) is 5.91 Å². The van der Waals surface area contributed by atoms with E-state index >= 15 is 0 Å². The third-order valence-electron chi connectivity index (χ3n) is 2.46. The first-order valence-electron chi connectivity index (χ1n) is 5.33. The molecule has 0 spiro atoms. The molecule has 17 heavy (non-hydrogen) atoms. The fraction of sp³-hybridized carbons (Fsp3) is 0.250. The van der Waals surface area contributed by atoms with E-state index in [1.165, 1.54) is 0 Å². The van der Waals surface area contributed by atoms with E-state index in [1.807, 2.05) is 19.9 Å². The highest BCUT2D eigenvalue weighted by atomic mass is 16.1. The number of pyridine rings is 1. The van der Waals surface area contributed by atoms with E-state index in [1.54, 1.807) is 30.1 Å². The van der Waals surface area contributed by atoms with Crippen LogP contribution < -0.4 is 5.32 Å². The van der Waals surface area contributed by atoms with E-state index in [4.69, 9.17) is 0 Å². The first kappa shape index (κ1) is 11.3. The first-order valence-corrected chi connectivity index (χ1v) is 5.33. The summed E-state index contributed by atoms with van der Waals surface area (Å²) in [4.78, 5) is 15.6. The van der Waals surface area contributed by atoms with E-state index in [0.29, 0.717) is 11.4 Å². The fourth-order valence-electron chi connectivity index (χ4n) is 1.65. The molecule has 0 unspecified atom stereocenters. The molecule has 0 aliphatic heterocycles. The Labute approximate surface area is 99.5 Å². The predicted octanol–water partition coefficient (Wildman–Crippen LogP) is 1.24. The summed E-state index contributed by atoms with van der Waals surface area (Å²) < 4.78 is 1.75. The highest BCUT2D eigenvalue weighted by Gasteiger charge is 2.07. The predicted molar refractivity (Wildman–Crippen MR) is 64.2 cm³/mol. The van der Waals surface area contributed by atoms with Crippen LogP contribution in [0.2, 0.25) is 0 Å². The number of nitrogens with one attached hydrogen (secondary N) is 1. The van der Waals surface area contributed by atoms with E-state index in [-0.39, 0.29) is 5.91 Å². The van der Waals surface area contributed by atoms with E-state index in [2.05, 4.69) is 15.4 Å². The minimum atomic E-state index is -0.141. The van der Waals surface area contributed by atoms with Gasteiger partial charge in [0, 0.05) is 18.9 Å². The second kappa shape index (κ2) is 4.37. The topological polar surface area (TPSA) is 59.8 Å². The van der Waals surface area contributed by atoms with E-state index in [9.17, 15) is 4.79 Å². The molecular weight excluding hydrogens is 216 g/mol. The Hall–Kier alpha value is -2.17. The fourth-order valence-corrected chi connectivity index (χ4v) is 1.65. The van der Waals surface area contributed by atoms with Crippen molar-refractivity contribution in [1.82, 2.24) is 20.1 Å². The third kappa shape index (κ3) is 2.18. The van der Waals surface area contributed by atoms with Crippen LogP contribution in [0.4, 0.5) is 0 Å². The normalized spacial score (nSPS) is 10.3. The number of carbonyl (C=O) groups is 1. The monoisotopic (exact) mass is 230 g/mol. The Bertz CT molecular complexity index is 542. The molecule has 2 rings (SSSR count). The van der Waals surface area contributed by atoms with Gasteiger partial charge in [-0.05, 0) is 32.0 Å². The van der Waals surface area contributed by atoms with Crippen molar-refractivity contribution in [1.29, 1.82) is 0 Å². The molecule has 0 atom stereocenters. The molecule has 0 aliphatic rings. The van der Waals surface area contributed by atoms with Gasteiger partial charge in [0.2, 0.25) is 0 Å². The van der Waals surface area contributed by atoms with Crippen molar-refractivity contribution in [2.45, 2.75) is 13.8 Å². The lowest BCUT2D eigenvalue weighted by molar-refractivity contribution is 0.0963. The maximum Gasteiger partial charge on any atom is 0.252 e. The summed E-state index contributed by atoms with van der Waals surface area (Å²) in [6.07, 6.45) is 1.55. The lowest BCUT2D eigenvalue weighted by atomic mass is 10.2. The van der Waals surface area contributed by atoms with Gasteiger partial charge in [-0.1, -0.05) is 0 Å². The second-order valence-corrected chi connectivity index (χ2v) is 3.82. The van der Waals surface area contributed by atoms with Crippen LogP contribution in [-0.4, -0.2) is 27.7 Å². The summed E-state index contributed by atoms with van der Waals surface area (Å²) in [7, 11) is 1.59. The Morgan fingerprint density at radius 3 is 2.59 bits per heavy atom. The number of rotatable bonds is 2. The molecule has 5 nitrogen and oxygen atoms in total. The standard InChI is InChI=1S/C12H14N4O/c1-8-6-9(2)16(15-8)11-5-4-10(7-14-11)12(17)13-3/h4-7H,1-3H3,(H,13,17). The number of aryl methyl sites for hydroxylation is 2. The Morgan fingerprint density at radius 1 is 1.35 bits per heavy atom. The lowest BCUT2D eigenvalue weighted by Gasteiger charge is -2.04. The molecular formula is C12H14N4O. The van der Waals surface area contributed by atoms with Crippen molar-refractivity contribution >= 4 is 5.91 Å². The smallest absolute Gasteiger partial charge is 0.252 e. The van der Waals surface area contributed by atoms with Gasteiger partial charge in [-0.15, -0.1) is 0 Å². The van der Waals surface area contributed by atoms with Crippen LogP contribution in [0.1, 0.15) is 21.7 Å². The van der Waals surface area contributed by atoms with Gasteiger partial charge >= 0.3 is 0 Å². The molecule has 2 aromatic heterocycles. The summed E-state index contributed by atoms with van der Waals surface area (Å²) in [5, 5.41) is 6.88. The maximum atomic E-state index is 11.4. The van der Waals surface area contributed by atoms with Crippen molar-refractivity contribution in [3.63, 3.8) is 0 Å². The van der Waals surface area contributed by atoms with Gasteiger partial charge in [0.05, 0.1) is 11.3 Å². The minimum absolute atomic E-state index is 0.141. The van der Waals surface area contributed by atoms with Gasteiger partial charge in [0.15, 0.2) is 5.82 Å².